The molecule has 2 saturated heterocycles. The van der Waals surface area contributed by atoms with Crippen molar-refractivity contribution >= 4 is 17.3 Å². The predicted octanol–water partition coefficient (Wildman–Crippen LogP) is 3.02. The molecule has 4 rings (SSSR count). The summed E-state index contributed by atoms with van der Waals surface area (Å²) in [6, 6.07) is 8.89. The summed E-state index contributed by atoms with van der Waals surface area (Å²) in [5.74, 6) is 2.15. The van der Waals surface area contributed by atoms with Crippen molar-refractivity contribution < 1.29 is 0 Å². The Labute approximate surface area is 150 Å². The number of anilines is 3. The van der Waals surface area contributed by atoms with Crippen LogP contribution in [0.1, 0.15) is 24.0 Å². The fourth-order valence-electron chi connectivity index (χ4n) is 3.87. The number of nitrogens with zero attached hydrogens (tertiary/aromatic N) is 5. The van der Waals surface area contributed by atoms with Crippen molar-refractivity contribution in [2.45, 2.75) is 26.7 Å². The molecule has 0 saturated carbocycles. The summed E-state index contributed by atoms with van der Waals surface area (Å²) in [5.41, 5.74) is 4.06. The van der Waals surface area contributed by atoms with Crippen LogP contribution in [0, 0.1) is 13.8 Å². The normalized spacial score (nSPS) is 18.1. The molecule has 0 bridgehead atoms. The molecule has 0 aliphatic carbocycles. The Balaban J connectivity index is 1.45. The minimum absolute atomic E-state index is 1.00. The largest absolute Gasteiger partial charge is 0.368 e. The van der Waals surface area contributed by atoms with Gasteiger partial charge >= 0.3 is 0 Å². The lowest BCUT2D eigenvalue weighted by atomic mass is 10.1. The van der Waals surface area contributed by atoms with Gasteiger partial charge in [-0.15, -0.1) is 0 Å². The van der Waals surface area contributed by atoms with Gasteiger partial charge in [0.05, 0.1) is 0 Å². The zero-order chi connectivity index (χ0) is 17.2. The molecule has 0 unspecified atom stereocenters. The summed E-state index contributed by atoms with van der Waals surface area (Å²) in [6.07, 6.45) is 4.27. The highest BCUT2D eigenvalue weighted by Gasteiger charge is 2.21. The minimum Gasteiger partial charge on any atom is -0.368 e. The van der Waals surface area contributed by atoms with Crippen molar-refractivity contribution in [2.75, 3.05) is 54.0 Å². The lowest BCUT2D eigenvalue weighted by Gasteiger charge is -2.37. The first kappa shape index (κ1) is 16.2. The molecule has 0 amide bonds. The van der Waals surface area contributed by atoms with E-state index in [1.807, 2.05) is 0 Å². The topological polar surface area (TPSA) is 35.5 Å². The van der Waals surface area contributed by atoms with Crippen LogP contribution >= 0.6 is 0 Å². The first-order valence-electron chi connectivity index (χ1n) is 9.35. The van der Waals surface area contributed by atoms with E-state index in [4.69, 9.17) is 0 Å². The highest BCUT2D eigenvalue weighted by Crippen LogP contribution is 2.25. The molecule has 3 heterocycles. The summed E-state index contributed by atoms with van der Waals surface area (Å²) in [4.78, 5) is 16.3. The van der Waals surface area contributed by atoms with Gasteiger partial charge in [-0.25, -0.2) is 9.97 Å². The van der Waals surface area contributed by atoms with E-state index in [2.05, 4.69) is 62.8 Å². The van der Waals surface area contributed by atoms with E-state index in [1.165, 1.54) is 29.7 Å². The highest BCUT2D eigenvalue weighted by molar-refractivity contribution is 5.57. The smallest absolute Gasteiger partial charge is 0.134 e. The standard InChI is InChI=1S/C20H27N5/c1-16-5-6-17(2)18(13-16)23-9-11-25(12-10-23)20-14-19(21-15-22-20)24-7-3-4-8-24/h5-6,13-15H,3-4,7-12H2,1-2H3. The molecule has 1 aromatic heterocycles. The van der Waals surface area contributed by atoms with Crippen LogP contribution in [0.15, 0.2) is 30.6 Å². The van der Waals surface area contributed by atoms with Gasteiger partial charge < -0.3 is 14.7 Å². The summed E-state index contributed by atoms with van der Waals surface area (Å²) < 4.78 is 0. The van der Waals surface area contributed by atoms with Gasteiger partial charge in [0.1, 0.15) is 18.0 Å². The van der Waals surface area contributed by atoms with E-state index >= 15 is 0 Å². The van der Waals surface area contributed by atoms with Crippen LogP contribution in [0.4, 0.5) is 17.3 Å². The Hall–Kier alpha value is -2.30. The van der Waals surface area contributed by atoms with Crippen molar-refractivity contribution in [3.05, 3.63) is 41.7 Å². The minimum atomic E-state index is 1.00. The number of rotatable bonds is 3. The zero-order valence-electron chi connectivity index (χ0n) is 15.3. The number of hydrogen-bond acceptors (Lipinski definition) is 5. The van der Waals surface area contributed by atoms with Crippen LogP contribution < -0.4 is 14.7 Å². The molecular formula is C20H27N5. The molecule has 1 aromatic carbocycles. The number of piperazine rings is 1. The summed E-state index contributed by atoms with van der Waals surface area (Å²) >= 11 is 0. The molecule has 0 atom stereocenters. The number of aromatic nitrogens is 2. The molecule has 2 aliphatic heterocycles. The molecule has 25 heavy (non-hydrogen) atoms. The lowest BCUT2D eigenvalue weighted by molar-refractivity contribution is 0.645. The third kappa shape index (κ3) is 3.41. The Morgan fingerprint density at radius 3 is 2.00 bits per heavy atom. The Morgan fingerprint density at radius 2 is 1.32 bits per heavy atom. The van der Waals surface area contributed by atoms with Crippen LogP contribution in [0.2, 0.25) is 0 Å². The summed E-state index contributed by atoms with van der Waals surface area (Å²) in [7, 11) is 0. The predicted molar refractivity (Wildman–Crippen MR) is 104 cm³/mol. The Kier molecular flexibility index (Phi) is 4.47. The first-order valence-corrected chi connectivity index (χ1v) is 9.35. The molecule has 2 aliphatic rings. The third-order valence-electron chi connectivity index (χ3n) is 5.38. The molecule has 0 radical (unpaired) electrons. The number of benzene rings is 1. The van der Waals surface area contributed by atoms with E-state index in [1.54, 1.807) is 6.33 Å². The second-order valence-electron chi connectivity index (χ2n) is 7.19. The zero-order valence-corrected chi connectivity index (χ0v) is 15.3. The molecule has 2 fully saturated rings. The maximum absolute atomic E-state index is 4.53. The molecule has 0 N–H and O–H groups in total. The number of hydrogen-bond donors (Lipinski definition) is 0. The third-order valence-corrected chi connectivity index (χ3v) is 5.38. The van der Waals surface area contributed by atoms with E-state index in [-0.39, 0.29) is 0 Å². The average molecular weight is 337 g/mol. The first-order chi connectivity index (χ1) is 12.2. The lowest BCUT2D eigenvalue weighted by Crippen LogP contribution is -2.47. The fourth-order valence-corrected chi connectivity index (χ4v) is 3.87. The quantitative estimate of drug-likeness (QED) is 0.860. The van der Waals surface area contributed by atoms with Crippen LogP contribution in [-0.2, 0) is 0 Å². The Bertz CT molecular complexity index is 731. The van der Waals surface area contributed by atoms with Crippen molar-refractivity contribution in [3.63, 3.8) is 0 Å². The van der Waals surface area contributed by atoms with Crippen LogP contribution in [0.5, 0.6) is 0 Å². The highest BCUT2D eigenvalue weighted by atomic mass is 15.3. The molecule has 5 heteroatoms. The second-order valence-corrected chi connectivity index (χ2v) is 7.19. The summed E-state index contributed by atoms with van der Waals surface area (Å²) in [6.45, 7) is 10.7. The molecular weight excluding hydrogens is 310 g/mol. The fraction of sp³-hybridized carbons (Fsp3) is 0.500. The molecule has 0 spiro atoms. The molecule has 2 aromatic rings. The average Bonchev–Trinajstić information content (AvgIpc) is 3.19. The van der Waals surface area contributed by atoms with Crippen LogP contribution in [-0.4, -0.2) is 49.2 Å². The SMILES string of the molecule is Cc1ccc(C)c(N2CCN(c3cc(N4CCCC4)ncn3)CC2)c1. The van der Waals surface area contributed by atoms with E-state index < -0.39 is 0 Å². The van der Waals surface area contributed by atoms with Gasteiger partial charge in [-0.2, -0.15) is 0 Å². The second kappa shape index (κ2) is 6.90. The Morgan fingerprint density at radius 1 is 0.720 bits per heavy atom. The molecule has 5 nitrogen and oxygen atoms in total. The van der Waals surface area contributed by atoms with E-state index in [9.17, 15) is 0 Å². The van der Waals surface area contributed by atoms with Crippen molar-refractivity contribution in [1.82, 2.24) is 9.97 Å². The molecule has 132 valence electrons. The van der Waals surface area contributed by atoms with Gasteiger partial charge in [0.2, 0.25) is 0 Å². The number of aryl methyl sites for hydroxylation is 2. The monoisotopic (exact) mass is 337 g/mol. The summed E-state index contributed by atoms with van der Waals surface area (Å²) in [5, 5.41) is 0. The van der Waals surface area contributed by atoms with Crippen molar-refractivity contribution in [2.24, 2.45) is 0 Å². The maximum Gasteiger partial charge on any atom is 0.134 e. The van der Waals surface area contributed by atoms with Crippen molar-refractivity contribution in [3.8, 4) is 0 Å². The van der Waals surface area contributed by atoms with E-state index in [0.717, 1.165) is 50.9 Å². The maximum atomic E-state index is 4.53. The van der Waals surface area contributed by atoms with Gasteiger partial charge in [0.25, 0.3) is 0 Å². The van der Waals surface area contributed by atoms with Crippen LogP contribution in [0.3, 0.4) is 0 Å². The van der Waals surface area contributed by atoms with Gasteiger partial charge in [-0.05, 0) is 43.9 Å². The van der Waals surface area contributed by atoms with Crippen molar-refractivity contribution in [1.29, 1.82) is 0 Å². The van der Waals surface area contributed by atoms with Crippen LogP contribution in [0.25, 0.3) is 0 Å². The van der Waals surface area contributed by atoms with Gasteiger partial charge in [-0.3, -0.25) is 0 Å². The van der Waals surface area contributed by atoms with Gasteiger partial charge in [0.15, 0.2) is 0 Å². The van der Waals surface area contributed by atoms with Gasteiger partial charge in [-0.1, -0.05) is 12.1 Å². The van der Waals surface area contributed by atoms with E-state index in [0.29, 0.717) is 0 Å². The van der Waals surface area contributed by atoms with Gasteiger partial charge in [0, 0.05) is 51.0 Å².